The molecule has 0 bridgehead atoms. The lowest BCUT2D eigenvalue weighted by Crippen LogP contribution is -2.21. The molecule has 3 heterocycles. The highest BCUT2D eigenvalue weighted by Gasteiger charge is 2.10. The second-order valence-electron chi connectivity index (χ2n) is 4.79. The van der Waals surface area contributed by atoms with Gasteiger partial charge in [-0.05, 0) is 23.3 Å². The number of hydrogen-bond acceptors (Lipinski definition) is 6. The van der Waals surface area contributed by atoms with Gasteiger partial charge in [0.05, 0.1) is 6.20 Å². The number of anilines is 1. The summed E-state index contributed by atoms with van der Waals surface area (Å²) in [6, 6.07) is 7.63. The highest BCUT2D eigenvalue weighted by Crippen LogP contribution is 2.18. The van der Waals surface area contributed by atoms with Gasteiger partial charge in [0, 0.05) is 37.9 Å². The van der Waals surface area contributed by atoms with E-state index in [0.29, 0.717) is 23.1 Å². The third-order valence-electron chi connectivity index (χ3n) is 3.07. The van der Waals surface area contributed by atoms with Gasteiger partial charge in [-0.2, -0.15) is 0 Å². The van der Waals surface area contributed by atoms with E-state index in [-0.39, 0.29) is 5.91 Å². The second-order valence-corrected chi connectivity index (χ2v) is 5.82. The van der Waals surface area contributed by atoms with Crippen LogP contribution in [0.1, 0.15) is 20.8 Å². The van der Waals surface area contributed by atoms with E-state index in [1.54, 1.807) is 31.0 Å². The Morgan fingerprint density at radius 1 is 1.00 bits per heavy atom. The maximum absolute atomic E-state index is 12.1. The fourth-order valence-corrected chi connectivity index (χ4v) is 2.64. The number of carbonyl (C=O) groups is 1. The topological polar surface area (TPSA) is 79.8 Å². The second kappa shape index (κ2) is 7.46. The summed E-state index contributed by atoms with van der Waals surface area (Å²) in [4.78, 5) is 25.0. The van der Waals surface area contributed by atoms with Crippen LogP contribution in [0, 0.1) is 0 Å². The van der Waals surface area contributed by atoms with Crippen LogP contribution in [0.25, 0.3) is 0 Å². The van der Waals surface area contributed by atoms with Crippen LogP contribution in [0.4, 0.5) is 5.13 Å². The van der Waals surface area contributed by atoms with E-state index in [4.69, 9.17) is 0 Å². The molecule has 0 spiro atoms. The summed E-state index contributed by atoms with van der Waals surface area (Å²) in [5, 5.41) is 6.75. The smallest absolute Gasteiger partial charge is 0.263 e. The van der Waals surface area contributed by atoms with Crippen LogP contribution in [0.15, 0.2) is 55.2 Å². The Morgan fingerprint density at radius 3 is 2.35 bits per heavy atom. The van der Waals surface area contributed by atoms with E-state index in [9.17, 15) is 4.79 Å². The Bertz CT molecular complexity index is 760. The summed E-state index contributed by atoms with van der Waals surface area (Å²) in [7, 11) is 0. The van der Waals surface area contributed by atoms with Crippen molar-refractivity contribution in [3.8, 4) is 0 Å². The minimum absolute atomic E-state index is 0.138. The average molecular weight is 325 g/mol. The first-order valence-corrected chi connectivity index (χ1v) is 7.88. The molecule has 0 aliphatic heterocycles. The van der Waals surface area contributed by atoms with Crippen molar-refractivity contribution >= 4 is 22.4 Å². The first kappa shape index (κ1) is 15.1. The van der Waals surface area contributed by atoms with Gasteiger partial charge in [0.2, 0.25) is 0 Å². The fraction of sp³-hybridized carbons (Fsp3) is 0.125. The van der Waals surface area contributed by atoms with Gasteiger partial charge in [0.1, 0.15) is 4.88 Å². The lowest BCUT2D eigenvalue weighted by Gasteiger charge is -2.03. The maximum atomic E-state index is 12.1. The molecule has 0 aliphatic carbocycles. The molecule has 0 saturated carbocycles. The first-order valence-electron chi connectivity index (χ1n) is 7.07. The van der Waals surface area contributed by atoms with Crippen molar-refractivity contribution in [3.05, 3.63) is 71.3 Å². The molecular formula is C16H15N5OS. The highest BCUT2D eigenvalue weighted by atomic mass is 32.1. The van der Waals surface area contributed by atoms with Crippen LogP contribution < -0.4 is 10.6 Å². The molecule has 7 heteroatoms. The number of carbonyl (C=O) groups excluding carboxylic acids is 1. The fourth-order valence-electron chi connectivity index (χ4n) is 1.91. The molecule has 6 nitrogen and oxygen atoms in total. The minimum Gasteiger partial charge on any atom is -0.357 e. The van der Waals surface area contributed by atoms with Crippen molar-refractivity contribution < 1.29 is 4.79 Å². The lowest BCUT2D eigenvalue weighted by atomic mass is 10.3. The average Bonchev–Trinajstić information content (AvgIpc) is 3.09. The number of rotatable bonds is 6. The molecule has 0 atom stereocenters. The molecule has 0 radical (unpaired) electrons. The number of nitrogens with zero attached hydrogens (tertiary/aromatic N) is 3. The third-order valence-corrected chi connectivity index (χ3v) is 4.03. The van der Waals surface area contributed by atoms with Crippen LogP contribution in [0.2, 0.25) is 0 Å². The molecule has 1 amide bonds. The van der Waals surface area contributed by atoms with Crippen LogP contribution in [0.5, 0.6) is 0 Å². The van der Waals surface area contributed by atoms with Gasteiger partial charge in [-0.25, -0.2) is 4.98 Å². The van der Waals surface area contributed by atoms with Crippen molar-refractivity contribution in [1.82, 2.24) is 20.3 Å². The van der Waals surface area contributed by atoms with Crippen molar-refractivity contribution in [3.63, 3.8) is 0 Å². The summed E-state index contributed by atoms with van der Waals surface area (Å²) >= 11 is 1.33. The van der Waals surface area contributed by atoms with E-state index in [1.807, 2.05) is 24.3 Å². The predicted octanol–water partition coefficient (Wildman–Crippen LogP) is 2.48. The summed E-state index contributed by atoms with van der Waals surface area (Å²) in [5.74, 6) is -0.138. The standard InChI is InChI=1S/C16H15N5OS/c22-15(19-9-12-3-1-5-17-7-12)14-11-21-16(23-14)20-10-13-4-2-6-18-8-13/h1-8,11H,9-10H2,(H,19,22)(H,20,21). The van der Waals surface area contributed by atoms with Crippen molar-refractivity contribution in [2.75, 3.05) is 5.32 Å². The number of pyridine rings is 2. The van der Waals surface area contributed by atoms with Crippen molar-refractivity contribution in [2.24, 2.45) is 0 Å². The first-order chi connectivity index (χ1) is 11.3. The summed E-state index contributed by atoms with van der Waals surface area (Å²) in [6.07, 6.45) is 8.54. The molecule has 0 fully saturated rings. The molecule has 116 valence electrons. The Labute approximate surface area is 137 Å². The van der Waals surface area contributed by atoms with Crippen molar-refractivity contribution in [1.29, 1.82) is 0 Å². The summed E-state index contributed by atoms with van der Waals surface area (Å²) in [6.45, 7) is 1.07. The predicted molar refractivity (Wildman–Crippen MR) is 89.1 cm³/mol. The Kier molecular flexibility index (Phi) is 4.90. The zero-order valence-electron chi connectivity index (χ0n) is 12.3. The number of hydrogen-bond donors (Lipinski definition) is 2. The molecule has 3 rings (SSSR count). The Hall–Kier alpha value is -2.80. The molecule has 3 aromatic rings. The molecular weight excluding hydrogens is 310 g/mol. The van der Waals surface area contributed by atoms with E-state index < -0.39 is 0 Å². The van der Waals surface area contributed by atoms with Crippen LogP contribution >= 0.6 is 11.3 Å². The molecule has 0 aromatic carbocycles. The molecule has 0 unspecified atom stereocenters. The minimum atomic E-state index is -0.138. The number of aromatic nitrogens is 3. The highest BCUT2D eigenvalue weighted by molar-refractivity contribution is 7.17. The van der Waals surface area contributed by atoms with Gasteiger partial charge >= 0.3 is 0 Å². The van der Waals surface area contributed by atoms with E-state index in [1.165, 1.54) is 11.3 Å². The number of thiazole rings is 1. The quantitative estimate of drug-likeness (QED) is 0.728. The van der Waals surface area contributed by atoms with E-state index >= 15 is 0 Å². The normalized spacial score (nSPS) is 10.3. The molecule has 2 N–H and O–H groups in total. The van der Waals surface area contributed by atoms with Crippen LogP contribution in [-0.2, 0) is 13.1 Å². The molecule has 23 heavy (non-hydrogen) atoms. The summed E-state index contributed by atoms with van der Waals surface area (Å²) < 4.78 is 0. The largest absolute Gasteiger partial charge is 0.357 e. The van der Waals surface area contributed by atoms with Gasteiger partial charge < -0.3 is 10.6 Å². The molecule has 0 aliphatic rings. The van der Waals surface area contributed by atoms with Gasteiger partial charge in [-0.15, -0.1) is 0 Å². The molecule has 3 aromatic heterocycles. The van der Waals surface area contributed by atoms with E-state index in [0.717, 1.165) is 11.1 Å². The van der Waals surface area contributed by atoms with Crippen LogP contribution in [0.3, 0.4) is 0 Å². The zero-order valence-corrected chi connectivity index (χ0v) is 13.1. The number of nitrogens with one attached hydrogen (secondary N) is 2. The van der Waals surface area contributed by atoms with Crippen LogP contribution in [-0.4, -0.2) is 20.9 Å². The Morgan fingerprint density at radius 2 is 1.70 bits per heavy atom. The lowest BCUT2D eigenvalue weighted by molar-refractivity contribution is 0.0954. The zero-order chi connectivity index (χ0) is 15.9. The Balaban J connectivity index is 1.53. The molecule has 0 saturated heterocycles. The van der Waals surface area contributed by atoms with Gasteiger partial charge in [-0.1, -0.05) is 23.5 Å². The van der Waals surface area contributed by atoms with E-state index in [2.05, 4.69) is 25.6 Å². The number of amides is 1. The summed E-state index contributed by atoms with van der Waals surface area (Å²) in [5.41, 5.74) is 2.02. The van der Waals surface area contributed by atoms with Gasteiger partial charge in [-0.3, -0.25) is 14.8 Å². The SMILES string of the molecule is O=C(NCc1cccnc1)c1cnc(NCc2cccnc2)s1. The maximum Gasteiger partial charge on any atom is 0.263 e. The van der Waals surface area contributed by atoms with Gasteiger partial charge in [0.15, 0.2) is 5.13 Å². The van der Waals surface area contributed by atoms with Crippen molar-refractivity contribution in [2.45, 2.75) is 13.1 Å². The van der Waals surface area contributed by atoms with Gasteiger partial charge in [0.25, 0.3) is 5.91 Å². The third kappa shape index (κ3) is 4.33. The monoisotopic (exact) mass is 325 g/mol.